The molecule has 0 saturated heterocycles. The second kappa shape index (κ2) is 14.5. The molecule has 10 heteroatoms. The molecule has 5 aromatic rings. The smallest absolute Gasteiger partial charge is 0.337 e. The summed E-state index contributed by atoms with van der Waals surface area (Å²) in [6.45, 7) is 7.18. The molecule has 0 aromatic heterocycles. The third-order valence-corrected chi connectivity index (χ3v) is 10.2. The molecule has 0 bridgehead atoms. The normalized spacial score (nSPS) is 16.6. The van der Waals surface area contributed by atoms with Gasteiger partial charge < -0.3 is 25.2 Å². The Balaban J connectivity index is 0.000000172. The number of phenols is 1. The minimum atomic E-state index is -0.430. The molecule has 2 heterocycles. The van der Waals surface area contributed by atoms with Crippen molar-refractivity contribution in [3.05, 3.63) is 166 Å². The Morgan fingerprint density at radius 1 is 0.855 bits per heavy atom. The number of ketones is 2. The number of para-hydroxylation sites is 2. The maximum absolute atomic E-state index is 12.8. The fraction of sp³-hybridized carbons (Fsp3) is 0.156. The minimum absolute atomic E-state index is 0.0189. The van der Waals surface area contributed by atoms with Crippen LogP contribution in [-0.2, 0) is 10.2 Å². The van der Waals surface area contributed by atoms with Gasteiger partial charge in [-0.25, -0.2) is 4.79 Å². The third-order valence-electron chi connectivity index (χ3n) is 10.2. The van der Waals surface area contributed by atoms with E-state index in [2.05, 4.69) is 50.1 Å². The van der Waals surface area contributed by atoms with Crippen LogP contribution in [0.5, 0.6) is 17.2 Å². The molecular formula is C45H40N4O6. The first-order valence-corrected chi connectivity index (χ1v) is 17.7. The number of nitrogen functional groups attached to an aromatic ring is 1. The average Bonchev–Trinajstić information content (AvgIpc) is 3.66. The summed E-state index contributed by atoms with van der Waals surface area (Å²) in [5.41, 5.74) is 13.7. The second-order valence-electron chi connectivity index (χ2n) is 13.9. The van der Waals surface area contributed by atoms with Crippen LogP contribution in [0.2, 0.25) is 0 Å². The minimum Gasteiger partial charge on any atom is -0.507 e. The number of benzene rings is 5. The number of fused-ring (bicyclic) bond motifs is 3. The number of nitrogens with two attached hydrogens (primary N) is 1. The Morgan fingerprint density at radius 2 is 1.47 bits per heavy atom. The quantitative estimate of drug-likeness (QED) is 0.102. The molecular weight excluding hydrogens is 693 g/mol. The van der Waals surface area contributed by atoms with Gasteiger partial charge in [-0.05, 0) is 66.6 Å². The number of carbonyl (C=O) groups is 3. The number of nitrogens with zero attached hydrogens (tertiary/aromatic N) is 3. The average molecular weight is 733 g/mol. The highest BCUT2D eigenvalue weighted by Crippen LogP contribution is 2.47. The zero-order valence-corrected chi connectivity index (χ0v) is 31.2. The van der Waals surface area contributed by atoms with Gasteiger partial charge in [0.2, 0.25) is 0 Å². The van der Waals surface area contributed by atoms with Crippen LogP contribution in [0, 0.1) is 0 Å². The Bertz CT molecular complexity index is 2450. The van der Waals surface area contributed by atoms with Crippen LogP contribution in [0.4, 0.5) is 17.1 Å². The van der Waals surface area contributed by atoms with E-state index in [9.17, 15) is 19.5 Å². The molecule has 0 fully saturated rings. The molecule has 0 amide bonds. The summed E-state index contributed by atoms with van der Waals surface area (Å²) >= 11 is 0. The van der Waals surface area contributed by atoms with Crippen molar-refractivity contribution in [2.24, 2.45) is 5.10 Å². The maximum Gasteiger partial charge on any atom is 0.337 e. The number of phenolic OH excluding ortho intramolecular Hbond substituents is 1. The van der Waals surface area contributed by atoms with E-state index in [-0.39, 0.29) is 50.8 Å². The summed E-state index contributed by atoms with van der Waals surface area (Å²) in [6.07, 6.45) is 4.35. The molecule has 3 N–H and O–H groups in total. The van der Waals surface area contributed by atoms with Crippen LogP contribution in [0.15, 0.2) is 138 Å². The van der Waals surface area contributed by atoms with Gasteiger partial charge in [0.15, 0.2) is 17.3 Å². The van der Waals surface area contributed by atoms with Crippen LogP contribution in [0.1, 0.15) is 68.5 Å². The van der Waals surface area contributed by atoms with E-state index in [1.807, 2.05) is 54.4 Å². The Labute approximate surface area is 319 Å². The van der Waals surface area contributed by atoms with E-state index in [0.29, 0.717) is 11.3 Å². The molecule has 2 aliphatic heterocycles. The molecule has 276 valence electrons. The number of hydrazone groups is 1. The molecule has 0 saturated carbocycles. The Morgan fingerprint density at radius 3 is 2.13 bits per heavy atom. The number of anilines is 3. The van der Waals surface area contributed by atoms with Crippen LogP contribution in [0.25, 0.3) is 0 Å². The van der Waals surface area contributed by atoms with Crippen LogP contribution < -0.4 is 20.4 Å². The van der Waals surface area contributed by atoms with Crippen molar-refractivity contribution in [1.82, 2.24) is 0 Å². The van der Waals surface area contributed by atoms with Crippen molar-refractivity contribution in [2.45, 2.75) is 26.2 Å². The lowest BCUT2D eigenvalue weighted by Crippen LogP contribution is -2.22. The molecule has 55 heavy (non-hydrogen) atoms. The topological polar surface area (TPSA) is 135 Å². The van der Waals surface area contributed by atoms with Gasteiger partial charge in [0.25, 0.3) is 0 Å². The van der Waals surface area contributed by atoms with Gasteiger partial charge in [-0.1, -0.05) is 80.6 Å². The van der Waals surface area contributed by atoms with Gasteiger partial charge >= 0.3 is 5.97 Å². The summed E-state index contributed by atoms with van der Waals surface area (Å²) in [7, 11) is 3.48. The third kappa shape index (κ3) is 6.63. The highest BCUT2D eigenvalue weighted by molar-refractivity contribution is 6.31. The predicted octanol–water partition coefficient (Wildman–Crippen LogP) is 8.45. The molecule has 3 aliphatic rings. The van der Waals surface area contributed by atoms with Crippen LogP contribution in [-0.4, -0.2) is 49.1 Å². The lowest BCUT2D eigenvalue weighted by molar-refractivity contribution is 0.0600. The number of ether oxygens (including phenoxy) is 2. The van der Waals surface area contributed by atoms with Crippen molar-refractivity contribution in [1.29, 1.82) is 0 Å². The number of hydrogen-bond acceptors (Lipinski definition) is 10. The van der Waals surface area contributed by atoms with Crippen molar-refractivity contribution in [3.8, 4) is 17.2 Å². The molecule has 0 spiro atoms. The Kier molecular flexibility index (Phi) is 9.58. The monoisotopic (exact) mass is 732 g/mol. The fourth-order valence-corrected chi connectivity index (χ4v) is 7.21. The van der Waals surface area contributed by atoms with E-state index in [1.54, 1.807) is 48.5 Å². The Hall–Kier alpha value is -6.94. The van der Waals surface area contributed by atoms with E-state index in [4.69, 9.17) is 20.3 Å². The summed E-state index contributed by atoms with van der Waals surface area (Å²) in [6, 6.07) is 32.6. The summed E-state index contributed by atoms with van der Waals surface area (Å²) in [4.78, 5) is 39.7. The summed E-state index contributed by atoms with van der Waals surface area (Å²) in [5.74, 6) is -0.846. The van der Waals surface area contributed by atoms with E-state index in [1.165, 1.54) is 24.4 Å². The SMILES string of the molecule is COC(=O)c1ccc2c(c1)C(C)(C)/C(=C/C=C1/CN(c3ccccc3)N=C1C)N2C.Nc1c(Oc2ccccc2)cc(O)c2c1C(=O)c1ccccc1C2=O. The molecule has 1 aliphatic carbocycles. The maximum atomic E-state index is 12.8. The zero-order chi connectivity index (χ0) is 39.0. The van der Waals surface area contributed by atoms with E-state index < -0.39 is 11.6 Å². The fourth-order valence-electron chi connectivity index (χ4n) is 7.21. The second-order valence-corrected chi connectivity index (χ2v) is 13.9. The summed E-state index contributed by atoms with van der Waals surface area (Å²) < 4.78 is 10.6. The number of esters is 1. The predicted molar refractivity (Wildman–Crippen MR) is 215 cm³/mol. The number of methoxy groups -OCH3 is 1. The highest BCUT2D eigenvalue weighted by Gasteiger charge is 2.39. The number of aromatic hydroxyl groups is 1. The molecule has 0 unspecified atom stereocenters. The molecule has 8 rings (SSSR count). The van der Waals surface area contributed by atoms with Crippen molar-refractivity contribution in [2.75, 3.05) is 36.3 Å². The standard InChI is InChI=1S/C25H27N3O2.C20H13NO4/c1-17-19(16-28(26-17)20-9-7-6-8-10-20)12-14-23-25(2,3)21-15-18(24(29)30-5)11-13-22(21)27(23)4;21-18-15(25-11-6-2-1-3-7-11)10-14(22)16-17(18)20(24)13-9-5-4-8-12(13)19(16)23/h6-15H,16H2,1-5H3;1-10,22H,21H2/b19-12-,23-14-;. The van der Waals surface area contributed by atoms with E-state index in [0.717, 1.165) is 29.2 Å². The molecule has 0 radical (unpaired) electrons. The van der Waals surface area contributed by atoms with Gasteiger partial charge in [-0.3, -0.25) is 14.6 Å². The number of allylic oxidation sites excluding steroid dienone is 3. The number of likely N-dealkylation sites (N-methyl/N-ethyl adjacent to an activating group) is 1. The van der Waals surface area contributed by atoms with Gasteiger partial charge in [0.1, 0.15) is 11.5 Å². The number of carbonyl (C=O) groups excluding carboxylic acids is 3. The lowest BCUT2D eigenvalue weighted by Gasteiger charge is -2.24. The van der Waals surface area contributed by atoms with Crippen molar-refractivity contribution < 1.29 is 29.0 Å². The van der Waals surface area contributed by atoms with Crippen LogP contribution in [0.3, 0.4) is 0 Å². The lowest BCUT2D eigenvalue weighted by atomic mass is 9.82. The number of hydrogen-bond donors (Lipinski definition) is 2. The van der Waals surface area contributed by atoms with Gasteiger partial charge in [-0.15, -0.1) is 0 Å². The van der Waals surface area contributed by atoms with Gasteiger partial charge in [0.05, 0.1) is 47.4 Å². The largest absolute Gasteiger partial charge is 0.507 e. The summed E-state index contributed by atoms with van der Waals surface area (Å²) in [5, 5.41) is 17.1. The first kappa shape index (κ1) is 36.4. The molecule has 5 aromatic carbocycles. The first-order valence-electron chi connectivity index (χ1n) is 17.7. The van der Waals surface area contributed by atoms with Crippen molar-refractivity contribution in [3.63, 3.8) is 0 Å². The van der Waals surface area contributed by atoms with E-state index >= 15 is 0 Å². The van der Waals surface area contributed by atoms with Gasteiger partial charge in [0, 0.05) is 41.0 Å². The highest BCUT2D eigenvalue weighted by atomic mass is 16.5. The van der Waals surface area contributed by atoms with Crippen molar-refractivity contribution >= 4 is 40.3 Å². The zero-order valence-electron chi connectivity index (χ0n) is 31.2. The first-order chi connectivity index (χ1) is 26.4. The molecule has 0 atom stereocenters. The van der Waals surface area contributed by atoms with Crippen LogP contribution >= 0.6 is 0 Å². The van der Waals surface area contributed by atoms with Gasteiger partial charge in [-0.2, -0.15) is 5.10 Å². The molecule has 10 nitrogen and oxygen atoms in total. The number of rotatable bonds is 5.